The quantitative estimate of drug-likeness (QED) is 0.822. The number of aromatic nitrogens is 2. The van der Waals surface area contributed by atoms with E-state index in [4.69, 9.17) is 0 Å². The maximum absolute atomic E-state index is 12.8. The van der Waals surface area contributed by atoms with Gasteiger partial charge in [-0.25, -0.2) is 0 Å². The molecule has 26 heavy (non-hydrogen) atoms. The third kappa shape index (κ3) is 3.84. The van der Waals surface area contributed by atoms with E-state index in [9.17, 15) is 9.59 Å². The van der Waals surface area contributed by atoms with Gasteiger partial charge in [0.2, 0.25) is 11.8 Å². The summed E-state index contributed by atoms with van der Waals surface area (Å²) in [5.41, 5.74) is 4.38. The predicted molar refractivity (Wildman–Crippen MR) is 101 cm³/mol. The Labute approximate surface area is 155 Å². The normalized spacial score (nSPS) is 22.5. The van der Waals surface area contributed by atoms with Crippen molar-refractivity contribution in [3.63, 3.8) is 0 Å². The molecule has 6 nitrogen and oxygen atoms in total. The topological polar surface area (TPSA) is 69.3 Å². The second-order valence-electron chi connectivity index (χ2n) is 7.92. The summed E-state index contributed by atoms with van der Waals surface area (Å²) < 4.78 is 0. The van der Waals surface area contributed by atoms with Crippen LogP contribution < -0.4 is 0 Å². The maximum atomic E-state index is 12.8. The van der Waals surface area contributed by atoms with E-state index in [0.29, 0.717) is 32.5 Å². The highest BCUT2D eigenvalue weighted by atomic mass is 16.2. The summed E-state index contributed by atoms with van der Waals surface area (Å²) in [6.45, 7) is 10.0. The smallest absolute Gasteiger partial charge is 0.228 e. The first-order valence-electron chi connectivity index (χ1n) is 9.59. The second kappa shape index (κ2) is 7.64. The van der Waals surface area contributed by atoms with Crippen LogP contribution in [0.5, 0.6) is 0 Å². The molecule has 3 aliphatic rings. The fourth-order valence-electron chi connectivity index (χ4n) is 3.93. The third-order valence-electron chi connectivity index (χ3n) is 5.77. The van der Waals surface area contributed by atoms with Gasteiger partial charge in [0.15, 0.2) is 0 Å². The molecule has 1 aromatic rings. The zero-order valence-corrected chi connectivity index (χ0v) is 16.3. The molecule has 1 N–H and O–H groups in total. The van der Waals surface area contributed by atoms with Crippen LogP contribution in [0.4, 0.5) is 0 Å². The first kappa shape index (κ1) is 18.7. The van der Waals surface area contributed by atoms with Crippen molar-refractivity contribution in [1.82, 2.24) is 20.0 Å². The minimum Gasteiger partial charge on any atom is -0.340 e. The standard InChI is InChI=1S/C20H30N4O2/c1-13(2)9-10-24-17-6-5-16(20(24)26)11-23(12-17)19(25)8-7-18-14(3)15(4)21-22-18/h9,16-17H,5-8,10-12H2,1-4H3,(H,21,22)/t16-,17+/m0/s1. The lowest BCUT2D eigenvalue weighted by molar-refractivity contribution is -0.139. The van der Waals surface area contributed by atoms with Gasteiger partial charge in [0.05, 0.1) is 11.6 Å². The number of piperidine rings is 1. The zero-order chi connectivity index (χ0) is 18.8. The highest BCUT2D eigenvalue weighted by Crippen LogP contribution is 2.29. The minimum atomic E-state index is -0.0439. The molecule has 0 radical (unpaired) electrons. The van der Waals surface area contributed by atoms with E-state index < -0.39 is 0 Å². The highest BCUT2D eigenvalue weighted by Gasteiger charge is 2.41. The van der Waals surface area contributed by atoms with Crippen LogP contribution in [0.2, 0.25) is 0 Å². The van der Waals surface area contributed by atoms with Crippen molar-refractivity contribution in [3.8, 4) is 0 Å². The Morgan fingerprint density at radius 3 is 2.69 bits per heavy atom. The monoisotopic (exact) mass is 358 g/mol. The largest absolute Gasteiger partial charge is 0.340 e. The molecule has 3 fully saturated rings. The van der Waals surface area contributed by atoms with Crippen molar-refractivity contribution in [3.05, 3.63) is 28.6 Å². The van der Waals surface area contributed by atoms with Crippen molar-refractivity contribution in [1.29, 1.82) is 0 Å². The Kier molecular flexibility index (Phi) is 5.49. The van der Waals surface area contributed by atoms with E-state index in [0.717, 1.165) is 29.8 Å². The molecule has 0 aliphatic carbocycles. The predicted octanol–water partition coefficient (Wildman–Crippen LogP) is 2.37. The van der Waals surface area contributed by atoms with Gasteiger partial charge in [-0.1, -0.05) is 11.6 Å². The number of amides is 2. The number of nitrogens with zero attached hydrogens (tertiary/aromatic N) is 3. The number of aryl methyl sites for hydroxylation is 2. The lowest BCUT2D eigenvalue weighted by Crippen LogP contribution is -2.48. The molecule has 142 valence electrons. The molecule has 0 spiro atoms. The Morgan fingerprint density at radius 2 is 2.04 bits per heavy atom. The molecule has 4 rings (SSSR count). The molecule has 6 heteroatoms. The maximum Gasteiger partial charge on any atom is 0.228 e. The SMILES string of the molecule is CC(C)=CCN1C(=O)[C@H]2CC[C@@H]1CN(C(=O)CCc1n[nH]c(C)c1C)C2. The molecule has 0 aromatic carbocycles. The number of nitrogens with one attached hydrogen (secondary N) is 1. The van der Waals surface area contributed by atoms with Crippen LogP contribution in [-0.4, -0.2) is 57.5 Å². The number of carbonyl (C=O) groups excluding carboxylic acids is 2. The molecule has 3 aliphatic heterocycles. The van der Waals surface area contributed by atoms with Gasteiger partial charge in [-0.3, -0.25) is 14.7 Å². The Hall–Kier alpha value is -2.11. The van der Waals surface area contributed by atoms with Crippen molar-refractivity contribution in [2.24, 2.45) is 5.92 Å². The lowest BCUT2D eigenvalue weighted by Gasteiger charge is -2.35. The molecule has 0 unspecified atom stereocenters. The van der Waals surface area contributed by atoms with Crippen molar-refractivity contribution in [2.45, 2.75) is 59.4 Å². The Morgan fingerprint density at radius 1 is 1.27 bits per heavy atom. The summed E-state index contributed by atoms with van der Waals surface area (Å²) in [5, 5.41) is 7.27. The number of carbonyl (C=O) groups is 2. The lowest BCUT2D eigenvalue weighted by atomic mass is 9.94. The van der Waals surface area contributed by atoms with Crippen LogP contribution in [0.1, 0.15) is 50.1 Å². The number of fused-ring (bicyclic) bond motifs is 4. The van der Waals surface area contributed by atoms with Crippen LogP contribution in [0.3, 0.4) is 0 Å². The van der Waals surface area contributed by atoms with E-state index in [-0.39, 0.29) is 23.8 Å². The number of hydrogen-bond acceptors (Lipinski definition) is 3. The summed E-state index contributed by atoms with van der Waals surface area (Å²) >= 11 is 0. The minimum absolute atomic E-state index is 0.0439. The molecular weight excluding hydrogens is 328 g/mol. The van der Waals surface area contributed by atoms with E-state index in [1.165, 1.54) is 5.57 Å². The fraction of sp³-hybridized carbons (Fsp3) is 0.650. The molecule has 3 saturated heterocycles. The van der Waals surface area contributed by atoms with Gasteiger partial charge in [0.1, 0.15) is 0 Å². The number of allylic oxidation sites excluding steroid dienone is 1. The fourth-order valence-corrected chi connectivity index (χ4v) is 3.93. The van der Waals surface area contributed by atoms with Crippen molar-refractivity contribution in [2.75, 3.05) is 19.6 Å². The van der Waals surface area contributed by atoms with Gasteiger partial charge >= 0.3 is 0 Å². The summed E-state index contributed by atoms with van der Waals surface area (Å²) in [6.07, 6.45) is 5.10. The van der Waals surface area contributed by atoms with Crippen molar-refractivity contribution < 1.29 is 9.59 Å². The first-order valence-corrected chi connectivity index (χ1v) is 9.59. The third-order valence-corrected chi connectivity index (χ3v) is 5.77. The molecule has 1 aromatic heterocycles. The molecular formula is C20H30N4O2. The van der Waals surface area contributed by atoms with Gasteiger partial charge in [-0.15, -0.1) is 0 Å². The molecule has 0 saturated carbocycles. The number of hydrogen-bond donors (Lipinski definition) is 1. The van der Waals surface area contributed by atoms with E-state index in [2.05, 4.69) is 30.1 Å². The van der Waals surface area contributed by atoms with Gasteiger partial charge in [0.25, 0.3) is 0 Å². The van der Waals surface area contributed by atoms with Gasteiger partial charge in [-0.2, -0.15) is 5.10 Å². The molecule has 2 atom stereocenters. The summed E-state index contributed by atoms with van der Waals surface area (Å²) in [7, 11) is 0. The molecule has 2 bridgehead atoms. The molecule has 2 amide bonds. The van der Waals surface area contributed by atoms with E-state index >= 15 is 0 Å². The van der Waals surface area contributed by atoms with Crippen LogP contribution in [0.15, 0.2) is 11.6 Å². The average molecular weight is 358 g/mol. The summed E-state index contributed by atoms with van der Waals surface area (Å²) in [5.74, 6) is 0.310. The zero-order valence-electron chi connectivity index (χ0n) is 16.3. The Bertz CT molecular complexity index is 717. The van der Waals surface area contributed by atoms with Gasteiger partial charge in [-0.05, 0) is 46.1 Å². The van der Waals surface area contributed by atoms with Gasteiger partial charge < -0.3 is 9.80 Å². The first-order chi connectivity index (χ1) is 12.4. The number of H-pyrrole nitrogens is 1. The molecule has 4 heterocycles. The van der Waals surface area contributed by atoms with Crippen LogP contribution >= 0.6 is 0 Å². The Balaban J connectivity index is 1.64. The second-order valence-corrected chi connectivity index (χ2v) is 7.92. The van der Waals surface area contributed by atoms with Crippen molar-refractivity contribution >= 4 is 11.8 Å². The number of aromatic amines is 1. The van der Waals surface area contributed by atoms with Crippen LogP contribution in [-0.2, 0) is 16.0 Å². The number of rotatable bonds is 5. The van der Waals surface area contributed by atoms with Crippen LogP contribution in [0, 0.1) is 19.8 Å². The average Bonchev–Trinajstić information content (AvgIpc) is 2.79. The summed E-state index contributed by atoms with van der Waals surface area (Å²) in [6, 6.07) is 0.148. The van der Waals surface area contributed by atoms with E-state index in [1.807, 2.05) is 23.6 Å². The highest BCUT2D eigenvalue weighted by molar-refractivity contribution is 5.83. The van der Waals surface area contributed by atoms with Gasteiger partial charge in [0, 0.05) is 44.2 Å². The van der Waals surface area contributed by atoms with Crippen LogP contribution in [0.25, 0.3) is 0 Å². The van der Waals surface area contributed by atoms with E-state index in [1.54, 1.807) is 0 Å². The summed E-state index contributed by atoms with van der Waals surface area (Å²) in [4.78, 5) is 29.4.